The fourth-order valence-electron chi connectivity index (χ4n) is 2.17. The van der Waals surface area contributed by atoms with Gasteiger partial charge in [0.2, 0.25) is 5.91 Å². The Morgan fingerprint density at radius 2 is 2.06 bits per heavy atom. The number of hydrogen-bond donors (Lipinski definition) is 1. The molecule has 0 bridgehead atoms. The van der Waals surface area contributed by atoms with Crippen molar-refractivity contribution < 1.29 is 9.53 Å². The standard InChI is InChI=1S/C13H26N2O2.ClH/c1-3-4-9-17-11-13(16)15-7-5-12(6-8-15)10-14-2;/h12,14H,3-11H2,1-2H3;1H. The Hall–Kier alpha value is -0.320. The number of ether oxygens (including phenoxy) is 1. The molecule has 1 fully saturated rings. The van der Waals surface area contributed by atoms with E-state index in [0.29, 0.717) is 6.61 Å². The minimum atomic E-state index is 0. The molecule has 0 aromatic carbocycles. The molecule has 1 heterocycles. The molecule has 0 saturated carbocycles. The van der Waals surface area contributed by atoms with Crippen molar-refractivity contribution in [3.05, 3.63) is 0 Å². The molecule has 18 heavy (non-hydrogen) atoms. The second-order valence-electron chi connectivity index (χ2n) is 4.79. The van der Waals surface area contributed by atoms with Crippen LogP contribution in [-0.4, -0.2) is 50.7 Å². The van der Waals surface area contributed by atoms with Crippen molar-refractivity contribution in [3.8, 4) is 0 Å². The number of halogens is 1. The molecule has 1 aliphatic rings. The van der Waals surface area contributed by atoms with Crippen LogP contribution in [0.1, 0.15) is 32.6 Å². The van der Waals surface area contributed by atoms with Crippen LogP contribution in [-0.2, 0) is 9.53 Å². The zero-order valence-corrected chi connectivity index (χ0v) is 12.4. The number of nitrogens with one attached hydrogen (secondary N) is 1. The first kappa shape index (κ1) is 17.7. The van der Waals surface area contributed by atoms with Crippen molar-refractivity contribution in [2.75, 3.05) is 39.9 Å². The smallest absolute Gasteiger partial charge is 0.248 e. The Morgan fingerprint density at radius 3 is 2.61 bits per heavy atom. The van der Waals surface area contributed by atoms with Gasteiger partial charge in [-0.15, -0.1) is 12.4 Å². The van der Waals surface area contributed by atoms with Gasteiger partial charge in [0.25, 0.3) is 0 Å². The number of nitrogens with zero attached hydrogens (tertiary/aromatic N) is 1. The van der Waals surface area contributed by atoms with Crippen molar-refractivity contribution in [2.45, 2.75) is 32.6 Å². The molecule has 0 unspecified atom stereocenters. The van der Waals surface area contributed by atoms with Gasteiger partial charge in [0, 0.05) is 19.7 Å². The van der Waals surface area contributed by atoms with Crippen LogP contribution >= 0.6 is 12.4 Å². The molecular formula is C13H27ClN2O2. The van der Waals surface area contributed by atoms with Crippen LogP contribution in [0.25, 0.3) is 0 Å². The number of amides is 1. The van der Waals surface area contributed by atoms with Crippen LogP contribution in [0.2, 0.25) is 0 Å². The van der Waals surface area contributed by atoms with E-state index in [4.69, 9.17) is 4.74 Å². The van der Waals surface area contributed by atoms with Crippen LogP contribution in [0.4, 0.5) is 0 Å². The van der Waals surface area contributed by atoms with Gasteiger partial charge in [-0.25, -0.2) is 0 Å². The van der Waals surface area contributed by atoms with Crippen LogP contribution in [0.15, 0.2) is 0 Å². The van der Waals surface area contributed by atoms with Crippen molar-refractivity contribution in [1.29, 1.82) is 0 Å². The summed E-state index contributed by atoms with van der Waals surface area (Å²) in [5.41, 5.74) is 0. The first-order chi connectivity index (χ1) is 8.27. The van der Waals surface area contributed by atoms with Crippen molar-refractivity contribution in [1.82, 2.24) is 10.2 Å². The molecule has 1 rings (SSSR count). The predicted octanol–water partition coefficient (Wildman–Crippen LogP) is 1.68. The normalized spacial score (nSPS) is 16.4. The van der Waals surface area contributed by atoms with Gasteiger partial charge in [0.15, 0.2) is 0 Å². The Morgan fingerprint density at radius 1 is 1.39 bits per heavy atom. The third kappa shape index (κ3) is 6.57. The lowest BCUT2D eigenvalue weighted by atomic mass is 9.97. The number of rotatable bonds is 7. The van der Waals surface area contributed by atoms with Crippen molar-refractivity contribution in [3.63, 3.8) is 0 Å². The second kappa shape index (κ2) is 10.6. The van der Waals surface area contributed by atoms with Crippen LogP contribution in [0, 0.1) is 5.92 Å². The summed E-state index contributed by atoms with van der Waals surface area (Å²) in [4.78, 5) is 13.8. The molecule has 1 N–H and O–H groups in total. The van der Waals surface area contributed by atoms with Crippen LogP contribution in [0.5, 0.6) is 0 Å². The summed E-state index contributed by atoms with van der Waals surface area (Å²) >= 11 is 0. The van der Waals surface area contributed by atoms with Gasteiger partial charge in [-0.1, -0.05) is 13.3 Å². The molecule has 0 radical (unpaired) electrons. The average molecular weight is 279 g/mol. The third-order valence-corrected chi connectivity index (χ3v) is 3.33. The van der Waals surface area contributed by atoms with E-state index in [1.54, 1.807) is 0 Å². The number of unbranched alkanes of at least 4 members (excludes halogenated alkanes) is 1. The molecule has 0 atom stereocenters. The van der Waals surface area contributed by atoms with E-state index in [9.17, 15) is 4.79 Å². The number of hydrogen-bond acceptors (Lipinski definition) is 3. The largest absolute Gasteiger partial charge is 0.372 e. The number of carbonyl (C=O) groups is 1. The highest BCUT2D eigenvalue weighted by atomic mass is 35.5. The first-order valence-electron chi connectivity index (χ1n) is 6.78. The molecule has 0 aromatic rings. The summed E-state index contributed by atoms with van der Waals surface area (Å²) in [5.74, 6) is 0.883. The Kier molecular flexibility index (Phi) is 10.4. The highest BCUT2D eigenvalue weighted by molar-refractivity contribution is 5.85. The molecular weight excluding hydrogens is 252 g/mol. The molecule has 0 aromatic heterocycles. The van der Waals surface area contributed by atoms with Crippen molar-refractivity contribution >= 4 is 18.3 Å². The van der Waals surface area contributed by atoms with Gasteiger partial charge < -0.3 is 15.0 Å². The lowest BCUT2D eigenvalue weighted by Crippen LogP contribution is -2.42. The van der Waals surface area contributed by atoms with E-state index in [2.05, 4.69) is 12.2 Å². The molecule has 1 amide bonds. The summed E-state index contributed by atoms with van der Waals surface area (Å²) in [6, 6.07) is 0. The van der Waals surface area contributed by atoms with E-state index in [-0.39, 0.29) is 24.9 Å². The number of likely N-dealkylation sites (tertiary alicyclic amines) is 1. The molecule has 1 saturated heterocycles. The zero-order valence-electron chi connectivity index (χ0n) is 11.6. The van der Waals surface area contributed by atoms with Gasteiger partial charge in [0.1, 0.15) is 6.61 Å². The highest BCUT2D eigenvalue weighted by Gasteiger charge is 2.21. The van der Waals surface area contributed by atoms with E-state index in [1.807, 2.05) is 11.9 Å². The maximum absolute atomic E-state index is 11.8. The third-order valence-electron chi connectivity index (χ3n) is 3.33. The van der Waals surface area contributed by atoms with E-state index in [0.717, 1.165) is 51.2 Å². The van der Waals surface area contributed by atoms with Crippen molar-refractivity contribution in [2.24, 2.45) is 5.92 Å². The van der Waals surface area contributed by atoms with E-state index in [1.165, 1.54) is 0 Å². The molecule has 5 heteroatoms. The summed E-state index contributed by atoms with van der Waals surface area (Å²) < 4.78 is 5.36. The SMILES string of the molecule is CCCCOCC(=O)N1CCC(CNC)CC1.Cl. The van der Waals surface area contributed by atoms with Gasteiger partial charge in [0.05, 0.1) is 0 Å². The lowest BCUT2D eigenvalue weighted by molar-refractivity contribution is -0.137. The fourth-order valence-corrected chi connectivity index (χ4v) is 2.17. The van der Waals surface area contributed by atoms with Gasteiger partial charge >= 0.3 is 0 Å². The summed E-state index contributed by atoms with van der Waals surface area (Å²) in [6.07, 6.45) is 4.38. The monoisotopic (exact) mass is 278 g/mol. The summed E-state index contributed by atoms with van der Waals surface area (Å²) in [7, 11) is 1.99. The molecule has 0 aliphatic carbocycles. The lowest BCUT2D eigenvalue weighted by Gasteiger charge is -2.31. The minimum absolute atomic E-state index is 0. The zero-order chi connectivity index (χ0) is 12.5. The Balaban J connectivity index is 0.00000289. The predicted molar refractivity (Wildman–Crippen MR) is 76.2 cm³/mol. The number of carbonyl (C=O) groups excluding carboxylic acids is 1. The van der Waals surface area contributed by atoms with Gasteiger partial charge in [-0.05, 0) is 38.8 Å². The Bertz CT molecular complexity index is 219. The maximum Gasteiger partial charge on any atom is 0.248 e. The van der Waals surface area contributed by atoms with Crippen LogP contribution in [0.3, 0.4) is 0 Å². The first-order valence-corrected chi connectivity index (χ1v) is 6.78. The quantitative estimate of drug-likeness (QED) is 0.721. The minimum Gasteiger partial charge on any atom is -0.372 e. The molecule has 0 spiro atoms. The number of piperidine rings is 1. The molecule has 4 nitrogen and oxygen atoms in total. The van der Waals surface area contributed by atoms with Gasteiger partial charge in [-0.3, -0.25) is 4.79 Å². The Labute approximate surface area is 117 Å². The van der Waals surface area contributed by atoms with E-state index >= 15 is 0 Å². The topological polar surface area (TPSA) is 41.6 Å². The highest BCUT2D eigenvalue weighted by Crippen LogP contribution is 2.16. The maximum atomic E-state index is 11.8. The van der Waals surface area contributed by atoms with Crippen LogP contribution < -0.4 is 5.32 Å². The fraction of sp³-hybridized carbons (Fsp3) is 0.923. The van der Waals surface area contributed by atoms with Gasteiger partial charge in [-0.2, -0.15) is 0 Å². The summed E-state index contributed by atoms with van der Waals surface area (Å²) in [5, 5.41) is 3.20. The summed E-state index contributed by atoms with van der Waals surface area (Å²) in [6.45, 7) is 5.94. The van der Waals surface area contributed by atoms with E-state index < -0.39 is 0 Å². The second-order valence-corrected chi connectivity index (χ2v) is 4.79. The molecule has 108 valence electrons. The molecule has 1 aliphatic heterocycles. The average Bonchev–Trinajstić information content (AvgIpc) is 2.36.